The van der Waals surface area contributed by atoms with Crippen molar-refractivity contribution in [2.24, 2.45) is 5.92 Å². The Bertz CT molecular complexity index is 906. The number of oxazole rings is 1. The average Bonchev–Trinajstić information content (AvgIpc) is 3.02. The molecule has 10 heteroatoms. The lowest BCUT2D eigenvalue weighted by Gasteiger charge is -2.30. The summed E-state index contributed by atoms with van der Waals surface area (Å²) in [6.07, 6.45) is 2.48. The summed E-state index contributed by atoms with van der Waals surface area (Å²) in [4.78, 5) is 16.6. The first kappa shape index (κ1) is 18.6. The Morgan fingerprint density at radius 3 is 2.65 bits per heavy atom. The molecule has 0 aliphatic heterocycles. The van der Waals surface area contributed by atoms with Crippen LogP contribution in [0.2, 0.25) is 0 Å². The number of carbonyl (C=O) groups is 1. The summed E-state index contributed by atoms with van der Waals surface area (Å²) in [7, 11) is -1.23. The number of fused-ring (bicyclic) bond motifs is 1. The summed E-state index contributed by atoms with van der Waals surface area (Å²) in [6.45, 7) is 0. The van der Waals surface area contributed by atoms with Crippen molar-refractivity contribution < 1.29 is 22.0 Å². The number of hydrogen-bond donors (Lipinski definition) is 2. The monoisotopic (exact) mass is 384 g/mol. The van der Waals surface area contributed by atoms with E-state index in [-0.39, 0.29) is 17.8 Å². The maximum atomic E-state index is 13.2. The normalized spacial score (nSPS) is 20.9. The van der Waals surface area contributed by atoms with Crippen molar-refractivity contribution in [3.8, 4) is 0 Å². The van der Waals surface area contributed by atoms with E-state index >= 15 is 0 Å². The van der Waals surface area contributed by atoms with Gasteiger partial charge in [-0.15, -0.1) is 0 Å². The zero-order chi connectivity index (χ0) is 18.9. The lowest BCUT2D eigenvalue weighted by atomic mass is 9.85. The number of benzene rings is 1. The van der Waals surface area contributed by atoms with Crippen LogP contribution in [0.25, 0.3) is 11.1 Å². The van der Waals surface area contributed by atoms with E-state index in [1.807, 2.05) is 0 Å². The molecule has 0 atom stereocenters. The Hall–Kier alpha value is -2.20. The number of amides is 1. The van der Waals surface area contributed by atoms with Crippen molar-refractivity contribution in [2.75, 3.05) is 19.4 Å². The van der Waals surface area contributed by atoms with Gasteiger partial charge in [0.1, 0.15) is 11.3 Å². The zero-order valence-corrected chi connectivity index (χ0v) is 15.3. The van der Waals surface area contributed by atoms with Crippen LogP contribution in [0, 0.1) is 11.7 Å². The maximum absolute atomic E-state index is 13.2. The molecule has 142 valence electrons. The molecule has 3 rings (SSSR count). The van der Waals surface area contributed by atoms with Crippen LogP contribution < -0.4 is 10.0 Å². The number of carbonyl (C=O) groups excluding carboxylic acids is 1. The third-order valence-corrected chi connectivity index (χ3v) is 6.10. The number of hydrogen-bond acceptors (Lipinski definition) is 6. The fourth-order valence-corrected chi connectivity index (χ4v) is 3.79. The summed E-state index contributed by atoms with van der Waals surface area (Å²) < 4.78 is 45.1. The van der Waals surface area contributed by atoms with Gasteiger partial charge in [-0.1, -0.05) is 0 Å². The number of rotatable bonds is 5. The first-order chi connectivity index (χ1) is 12.3. The van der Waals surface area contributed by atoms with Crippen LogP contribution in [0.3, 0.4) is 0 Å². The van der Waals surface area contributed by atoms with E-state index in [1.54, 1.807) is 6.07 Å². The van der Waals surface area contributed by atoms with E-state index < -0.39 is 16.1 Å². The molecule has 1 aliphatic rings. The lowest BCUT2D eigenvalue weighted by molar-refractivity contribution is -0.130. The third kappa shape index (κ3) is 3.80. The molecule has 0 radical (unpaired) electrons. The van der Waals surface area contributed by atoms with Gasteiger partial charge in [0.05, 0.1) is 0 Å². The van der Waals surface area contributed by atoms with Crippen LogP contribution in [0.1, 0.15) is 25.7 Å². The first-order valence-electron chi connectivity index (χ1n) is 8.34. The summed E-state index contributed by atoms with van der Waals surface area (Å²) in [5.41, 5.74) is 0.937. The minimum absolute atomic E-state index is 0.0585. The SMILES string of the molecule is CNS(=O)(=O)N(C)C(=O)C1CCC(Nc2nc3ccc(F)cc3o2)CC1. The largest absolute Gasteiger partial charge is 0.423 e. The highest BCUT2D eigenvalue weighted by Crippen LogP contribution is 2.29. The van der Waals surface area contributed by atoms with Gasteiger partial charge in [-0.05, 0) is 37.8 Å². The van der Waals surface area contributed by atoms with E-state index in [1.165, 1.54) is 26.2 Å². The second kappa shape index (κ2) is 7.20. The van der Waals surface area contributed by atoms with E-state index in [2.05, 4.69) is 15.0 Å². The third-order valence-electron chi connectivity index (χ3n) is 4.68. The van der Waals surface area contributed by atoms with Gasteiger partial charge in [-0.3, -0.25) is 4.79 Å². The minimum Gasteiger partial charge on any atom is -0.423 e. The molecule has 26 heavy (non-hydrogen) atoms. The van der Waals surface area contributed by atoms with Crippen molar-refractivity contribution in [2.45, 2.75) is 31.7 Å². The Kier molecular flexibility index (Phi) is 5.15. The zero-order valence-electron chi connectivity index (χ0n) is 14.5. The van der Waals surface area contributed by atoms with E-state index in [4.69, 9.17) is 4.42 Å². The van der Waals surface area contributed by atoms with Gasteiger partial charge in [-0.2, -0.15) is 13.4 Å². The quantitative estimate of drug-likeness (QED) is 0.815. The number of anilines is 1. The highest BCUT2D eigenvalue weighted by Gasteiger charge is 2.32. The maximum Gasteiger partial charge on any atom is 0.303 e. The first-order valence-corrected chi connectivity index (χ1v) is 9.78. The van der Waals surface area contributed by atoms with Gasteiger partial charge in [0.15, 0.2) is 5.58 Å². The predicted molar refractivity (Wildman–Crippen MR) is 94.1 cm³/mol. The number of nitrogens with zero attached hydrogens (tertiary/aromatic N) is 2. The molecule has 2 N–H and O–H groups in total. The Labute approximate surface area is 150 Å². The van der Waals surface area contributed by atoms with Crippen molar-refractivity contribution in [3.05, 3.63) is 24.0 Å². The van der Waals surface area contributed by atoms with Crippen molar-refractivity contribution >= 4 is 33.2 Å². The van der Waals surface area contributed by atoms with Gasteiger partial charge in [-0.25, -0.2) is 13.4 Å². The van der Waals surface area contributed by atoms with E-state index in [9.17, 15) is 17.6 Å². The molecule has 0 bridgehead atoms. The van der Waals surface area contributed by atoms with Crippen LogP contribution in [0.15, 0.2) is 22.6 Å². The molecule has 1 saturated carbocycles. The smallest absolute Gasteiger partial charge is 0.303 e. The molecule has 1 aromatic heterocycles. The van der Waals surface area contributed by atoms with Gasteiger partial charge >= 0.3 is 10.2 Å². The van der Waals surface area contributed by atoms with Gasteiger partial charge in [0.2, 0.25) is 5.91 Å². The Morgan fingerprint density at radius 2 is 2.00 bits per heavy atom. The van der Waals surface area contributed by atoms with E-state index in [0.29, 0.717) is 42.8 Å². The van der Waals surface area contributed by atoms with Crippen LogP contribution in [-0.4, -0.2) is 43.8 Å². The molecule has 1 amide bonds. The Morgan fingerprint density at radius 1 is 1.31 bits per heavy atom. The standard InChI is InChI=1S/C16H21FN4O4S/c1-18-26(23,24)21(2)15(22)10-3-6-12(7-4-10)19-16-20-13-8-5-11(17)9-14(13)25-16/h5,8-10,12,18H,3-4,6-7H2,1-2H3,(H,19,20). The Balaban J connectivity index is 1.58. The van der Waals surface area contributed by atoms with Crippen LogP contribution in [0.4, 0.5) is 10.4 Å². The van der Waals surface area contributed by atoms with Crippen molar-refractivity contribution in [1.82, 2.24) is 14.0 Å². The summed E-state index contributed by atoms with van der Waals surface area (Å²) in [6, 6.07) is 4.52. The molecular weight excluding hydrogens is 363 g/mol. The van der Waals surface area contributed by atoms with Crippen molar-refractivity contribution in [1.29, 1.82) is 0 Å². The van der Waals surface area contributed by atoms with Gasteiger partial charge < -0.3 is 9.73 Å². The van der Waals surface area contributed by atoms with Gasteiger partial charge in [0, 0.05) is 32.1 Å². The highest BCUT2D eigenvalue weighted by atomic mass is 32.2. The van der Waals surface area contributed by atoms with Crippen molar-refractivity contribution in [3.63, 3.8) is 0 Å². The summed E-state index contributed by atoms with van der Waals surface area (Å²) >= 11 is 0. The molecule has 1 aromatic carbocycles. The fraction of sp³-hybridized carbons (Fsp3) is 0.500. The van der Waals surface area contributed by atoms with Gasteiger partial charge in [0.25, 0.3) is 6.01 Å². The average molecular weight is 384 g/mol. The fourth-order valence-electron chi connectivity index (χ4n) is 3.13. The second-order valence-electron chi connectivity index (χ2n) is 6.34. The molecule has 0 spiro atoms. The molecule has 1 heterocycles. The summed E-state index contributed by atoms with van der Waals surface area (Å²) in [5.74, 6) is -1.13. The van der Waals surface area contributed by atoms with Crippen LogP contribution in [-0.2, 0) is 15.0 Å². The van der Waals surface area contributed by atoms with E-state index in [0.717, 1.165) is 4.31 Å². The summed E-state index contributed by atoms with van der Waals surface area (Å²) in [5, 5.41) is 3.16. The number of halogens is 1. The van der Waals surface area contributed by atoms with Crippen LogP contribution >= 0.6 is 0 Å². The molecule has 1 fully saturated rings. The lowest BCUT2D eigenvalue weighted by Crippen LogP contribution is -2.44. The molecule has 2 aromatic rings. The minimum atomic E-state index is -3.76. The second-order valence-corrected chi connectivity index (χ2v) is 8.24. The molecule has 1 aliphatic carbocycles. The topological polar surface area (TPSA) is 105 Å². The predicted octanol–water partition coefficient (Wildman–Crippen LogP) is 1.86. The number of nitrogens with one attached hydrogen (secondary N) is 2. The van der Waals surface area contributed by atoms with Crippen LogP contribution in [0.5, 0.6) is 0 Å². The molecule has 0 unspecified atom stereocenters. The molecular formula is C16H21FN4O4S. The molecule has 8 nitrogen and oxygen atoms in total. The molecule has 0 saturated heterocycles. The number of aromatic nitrogens is 1. The highest BCUT2D eigenvalue weighted by molar-refractivity contribution is 7.87.